The van der Waals surface area contributed by atoms with Gasteiger partial charge in [0.25, 0.3) is 0 Å². The molecule has 0 bridgehead atoms. The summed E-state index contributed by atoms with van der Waals surface area (Å²) in [4.78, 5) is 11.5. The second-order valence-corrected chi connectivity index (χ2v) is 9.68. The van der Waals surface area contributed by atoms with Gasteiger partial charge in [0.1, 0.15) is 5.25 Å². The van der Waals surface area contributed by atoms with Crippen LogP contribution in [0.15, 0.2) is 54.6 Å². The molecule has 0 heterocycles. The molecule has 30 heavy (non-hydrogen) atoms. The third-order valence-corrected chi connectivity index (χ3v) is 6.11. The smallest absolute Gasteiger partial charge is 0.317 e. The highest BCUT2D eigenvalue weighted by molar-refractivity contribution is 7.98. The van der Waals surface area contributed by atoms with Gasteiger partial charge in [0.2, 0.25) is 6.41 Å². The van der Waals surface area contributed by atoms with Crippen LogP contribution in [0.5, 0.6) is 0 Å². The zero-order chi connectivity index (χ0) is 22.3. The maximum atomic E-state index is 11.5. The largest absolute Gasteiger partial charge is 0.480 e. The van der Waals surface area contributed by atoms with Gasteiger partial charge in [-0.15, -0.1) is 0 Å². The third kappa shape index (κ3) is 7.00. The molecule has 0 aliphatic carbocycles. The number of rotatable bonds is 11. The Morgan fingerprint density at radius 3 is 2.40 bits per heavy atom. The molecule has 2 unspecified atom stereocenters. The summed E-state index contributed by atoms with van der Waals surface area (Å²) in [6.45, 7) is 7.97. The molecule has 3 N–H and O–H groups in total. The molecular formula is C23H30ClNO4S. The van der Waals surface area contributed by atoms with Crippen LogP contribution < -0.4 is 4.72 Å². The third-order valence-electron chi connectivity index (χ3n) is 4.86. The van der Waals surface area contributed by atoms with Crippen LogP contribution in [0.4, 0.5) is 0 Å². The first-order valence-corrected chi connectivity index (χ1v) is 11.2. The monoisotopic (exact) mass is 451 g/mol. The second kappa shape index (κ2) is 11.2. The van der Waals surface area contributed by atoms with Gasteiger partial charge < -0.3 is 14.9 Å². The number of aliphatic hydroxyl groups is 1. The van der Waals surface area contributed by atoms with Crippen LogP contribution in [0, 0.1) is 5.92 Å². The highest BCUT2D eigenvalue weighted by atomic mass is 35.5. The van der Waals surface area contributed by atoms with Crippen molar-refractivity contribution in [1.29, 1.82) is 0 Å². The Balaban J connectivity index is 2.21. The molecule has 0 aliphatic heterocycles. The molecule has 0 fully saturated rings. The maximum absolute atomic E-state index is 11.5. The van der Waals surface area contributed by atoms with E-state index in [9.17, 15) is 15.0 Å². The Hall–Kier alpha value is -1.57. The Bertz CT molecular complexity index is 816. The molecule has 2 aromatic carbocycles. The van der Waals surface area contributed by atoms with Gasteiger partial charge in [0.05, 0.1) is 6.10 Å². The van der Waals surface area contributed by atoms with Gasteiger partial charge in [0, 0.05) is 10.4 Å². The molecule has 5 nitrogen and oxygen atoms in total. The standard InChI is InChI=1S/C23H30ClNO4S/c1-15(2)13-19(21(26)27)30-25-22(28)29-20(16-9-6-5-7-10-16)23(3,4)17-11-8-12-18(24)14-17/h5-12,14-15,19-20,22,25,28H,13H2,1-4H3,(H,26,27)/t19-,20?,22?/m0/s1. The number of benzene rings is 2. The molecule has 3 atom stereocenters. The summed E-state index contributed by atoms with van der Waals surface area (Å²) in [7, 11) is 0. The lowest BCUT2D eigenvalue weighted by atomic mass is 9.76. The Morgan fingerprint density at radius 2 is 1.83 bits per heavy atom. The molecule has 0 saturated heterocycles. The number of halogens is 1. The molecule has 0 aliphatic rings. The first-order chi connectivity index (χ1) is 14.1. The van der Waals surface area contributed by atoms with Gasteiger partial charge >= 0.3 is 5.97 Å². The van der Waals surface area contributed by atoms with E-state index in [0.29, 0.717) is 11.4 Å². The number of ether oxygens (including phenoxy) is 1. The topological polar surface area (TPSA) is 78.8 Å². The quantitative estimate of drug-likeness (QED) is 0.314. The molecular weight excluding hydrogens is 422 g/mol. The van der Waals surface area contributed by atoms with Crippen LogP contribution >= 0.6 is 23.5 Å². The average Bonchev–Trinajstić information content (AvgIpc) is 2.69. The Kier molecular flexibility index (Phi) is 9.19. The molecule has 164 valence electrons. The van der Waals surface area contributed by atoms with Crippen molar-refractivity contribution < 1.29 is 19.7 Å². The minimum absolute atomic E-state index is 0.220. The normalized spacial score (nSPS) is 15.0. The van der Waals surface area contributed by atoms with E-state index in [-0.39, 0.29) is 5.92 Å². The zero-order valence-electron chi connectivity index (χ0n) is 17.7. The highest BCUT2D eigenvalue weighted by Gasteiger charge is 2.35. The number of hydrogen-bond acceptors (Lipinski definition) is 5. The Morgan fingerprint density at radius 1 is 1.17 bits per heavy atom. The molecule has 7 heteroatoms. The zero-order valence-corrected chi connectivity index (χ0v) is 19.3. The number of carboxylic acid groups (broad SMARTS) is 1. The van der Waals surface area contributed by atoms with Crippen LogP contribution in [-0.2, 0) is 14.9 Å². The summed E-state index contributed by atoms with van der Waals surface area (Å²) in [6, 6.07) is 17.2. The summed E-state index contributed by atoms with van der Waals surface area (Å²) in [5, 5.41) is 19.9. The van der Waals surface area contributed by atoms with Gasteiger partial charge in [-0.1, -0.05) is 93.7 Å². The highest BCUT2D eigenvalue weighted by Crippen LogP contribution is 2.40. The van der Waals surface area contributed by atoms with Crippen molar-refractivity contribution in [2.45, 2.75) is 57.3 Å². The van der Waals surface area contributed by atoms with Crippen LogP contribution in [0.1, 0.15) is 51.3 Å². The first kappa shape index (κ1) is 24.7. The summed E-state index contributed by atoms with van der Waals surface area (Å²) < 4.78 is 8.77. The van der Waals surface area contributed by atoms with Crippen molar-refractivity contribution in [2.24, 2.45) is 5.92 Å². The summed E-state index contributed by atoms with van der Waals surface area (Å²) in [5.41, 5.74) is 1.33. The average molecular weight is 452 g/mol. The van der Waals surface area contributed by atoms with Crippen molar-refractivity contribution in [2.75, 3.05) is 0 Å². The molecule has 0 saturated carbocycles. The van der Waals surface area contributed by atoms with Gasteiger partial charge in [0.15, 0.2) is 0 Å². The van der Waals surface area contributed by atoms with E-state index >= 15 is 0 Å². The summed E-state index contributed by atoms with van der Waals surface area (Å²) in [6.07, 6.45) is -1.38. The number of carboxylic acids is 1. The van der Waals surface area contributed by atoms with Gasteiger partial charge in [-0.2, -0.15) is 0 Å². The second-order valence-electron chi connectivity index (χ2n) is 8.20. The molecule has 0 radical (unpaired) electrons. The number of hydrogen-bond donors (Lipinski definition) is 3. The Labute approximate surface area is 187 Å². The van der Waals surface area contributed by atoms with Crippen LogP contribution in [0.3, 0.4) is 0 Å². The van der Waals surface area contributed by atoms with Gasteiger partial charge in [-0.3, -0.25) is 4.79 Å². The van der Waals surface area contributed by atoms with E-state index in [0.717, 1.165) is 23.1 Å². The van der Waals surface area contributed by atoms with Crippen LogP contribution in [-0.4, -0.2) is 27.8 Å². The number of aliphatic hydroxyl groups excluding tert-OH is 1. The number of nitrogens with one attached hydrogen (secondary N) is 1. The fraction of sp³-hybridized carbons (Fsp3) is 0.435. The van der Waals surface area contributed by atoms with Crippen molar-refractivity contribution in [3.8, 4) is 0 Å². The number of carbonyl (C=O) groups is 1. The fourth-order valence-electron chi connectivity index (χ4n) is 3.26. The lowest BCUT2D eigenvalue weighted by Gasteiger charge is -2.36. The molecule has 2 aromatic rings. The van der Waals surface area contributed by atoms with Crippen molar-refractivity contribution in [1.82, 2.24) is 4.72 Å². The molecule has 0 spiro atoms. The molecule has 2 rings (SSSR count). The van der Waals surface area contributed by atoms with Crippen molar-refractivity contribution in [3.63, 3.8) is 0 Å². The van der Waals surface area contributed by atoms with E-state index in [1.807, 2.05) is 82.3 Å². The molecule has 0 amide bonds. The van der Waals surface area contributed by atoms with Gasteiger partial charge in [-0.25, -0.2) is 4.72 Å². The van der Waals surface area contributed by atoms with Crippen molar-refractivity contribution >= 4 is 29.5 Å². The summed E-state index contributed by atoms with van der Waals surface area (Å²) in [5.74, 6) is -0.704. The first-order valence-electron chi connectivity index (χ1n) is 9.89. The minimum Gasteiger partial charge on any atom is -0.480 e. The van der Waals surface area contributed by atoms with E-state index in [1.165, 1.54) is 0 Å². The maximum Gasteiger partial charge on any atom is 0.317 e. The predicted octanol–water partition coefficient (Wildman–Crippen LogP) is 5.39. The van der Waals surface area contributed by atoms with E-state index < -0.39 is 29.2 Å². The van der Waals surface area contributed by atoms with E-state index in [4.69, 9.17) is 16.3 Å². The van der Waals surface area contributed by atoms with Gasteiger partial charge in [-0.05, 0) is 35.6 Å². The van der Waals surface area contributed by atoms with E-state index in [1.54, 1.807) is 0 Å². The lowest BCUT2D eigenvalue weighted by Crippen LogP contribution is -2.37. The fourth-order valence-corrected chi connectivity index (χ4v) is 4.37. The van der Waals surface area contributed by atoms with E-state index in [2.05, 4.69) is 4.72 Å². The van der Waals surface area contributed by atoms with Crippen LogP contribution in [0.2, 0.25) is 5.02 Å². The SMILES string of the molecule is CC(C)C[C@H](SNC(O)OC(c1ccccc1)C(C)(C)c1cccc(Cl)c1)C(=O)O. The van der Waals surface area contributed by atoms with Crippen LogP contribution in [0.25, 0.3) is 0 Å². The minimum atomic E-state index is -1.35. The summed E-state index contributed by atoms with van der Waals surface area (Å²) >= 11 is 7.17. The molecule has 0 aromatic heterocycles. The predicted molar refractivity (Wildman–Crippen MR) is 122 cm³/mol. The number of aliphatic carboxylic acids is 1. The van der Waals surface area contributed by atoms with Crippen molar-refractivity contribution in [3.05, 3.63) is 70.7 Å². The lowest BCUT2D eigenvalue weighted by molar-refractivity contribution is -0.160.